The van der Waals surface area contributed by atoms with E-state index in [2.05, 4.69) is 38.1 Å². The number of unbranched alkanes of at least 4 members (excludes halogenated alkanes) is 1. The van der Waals surface area contributed by atoms with Gasteiger partial charge < -0.3 is 4.74 Å². The van der Waals surface area contributed by atoms with Gasteiger partial charge in [0.15, 0.2) is 0 Å². The lowest BCUT2D eigenvalue weighted by molar-refractivity contribution is 0.0591. The first-order valence-corrected chi connectivity index (χ1v) is 7.38. The molecule has 0 unspecified atom stereocenters. The van der Waals surface area contributed by atoms with Gasteiger partial charge in [-0.25, -0.2) is 0 Å². The third-order valence-corrected chi connectivity index (χ3v) is 4.62. The predicted molar refractivity (Wildman–Crippen MR) is 78.0 cm³/mol. The summed E-state index contributed by atoms with van der Waals surface area (Å²) in [5, 5.41) is 0. The predicted octanol–water partition coefficient (Wildman–Crippen LogP) is 4.41. The lowest BCUT2D eigenvalue weighted by Crippen LogP contribution is -2.21. The van der Waals surface area contributed by atoms with Crippen molar-refractivity contribution >= 4 is 28.2 Å². The van der Waals surface area contributed by atoms with E-state index < -0.39 is 0 Å². The molecule has 0 saturated heterocycles. The van der Waals surface area contributed by atoms with Crippen molar-refractivity contribution in [2.24, 2.45) is 0 Å². The van der Waals surface area contributed by atoms with Crippen molar-refractivity contribution < 1.29 is 4.74 Å². The molecular weight excluding hydrogens is 248 g/mol. The number of benzene rings is 1. The number of thiocarbonyl (C=S) groups is 1. The van der Waals surface area contributed by atoms with Crippen molar-refractivity contribution in [3.63, 3.8) is 0 Å². The summed E-state index contributed by atoms with van der Waals surface area (Å²) in [7, 11) is 0. The summed E-state index contributed by atoms with van der Waals surface area (Å²) < 4.78 is 6.94. The number of hydrogen-bond donors (Lipinski definition) is 0. The molecule has 0 aliphatic carbocycles. The van der Waals surface area contributed by atoms with Crippen LogP contribution >= 0.6 is 24.0 Å². The zero-order chi connectivity index (χ0) is 12.3. The van der Waals surface area contributed by atoms with Gasteiger partial charge in [0.2, 0.25) is 0 Å². The van der Waals surface area contributed by atoms with E-state index in [1.165, 1.54) is 16.9 Å². The van der Waals surface area contributed by atoms with Gasteiger partial charge in [-0.15, -0.1) is 0 Å². The lowest BCUT2D eigenvalue weighted by atomic mass is 9.96. The van der Waals surface area contributed by atoms with Crippen LogP contribution in [0.25, 0.3) is 0 Å². The maximum absolute atomic E-state index is 5.89. The minimum absolute atomic E-state index is 0.185. The van der Waals surface area contributed by atoms with Crippen molar-refractivity contribution in [1.82, 2.24) is 0 Å². The fourth-order valence-corrected chi connectivity index (χ4v) is 3.79. The molecule has 92 valence electrons. The Kier molecular flexibility index (Phi) is 4.60. The molecule has 3 heteroatoms. The van der Waals surface area contributed by atoms with Gasteiger partial charge in [-0.2, -0.15) is 0 Å². The number of hydrogen-bond acceptors (Lipinski definition) is 3. The van der Waals surface area contributed by atoms with Crippen molar-refractivity contribution in [2.75, 3.05) is 6.61 Å². The van der Waals surface area contributed by atoms with Crippen LogP contribution in [0.3, 0.4) is 0 Å². The monoisotopic (exact) mass is 266 g/mol. The molecule has 0 amide bonds. The maximum Gasteiger partial charge on any atom is 0.0670 e. The molecule has 1 aliphatic rings. The summed E-state index contributed by atoms with van der Waals surface area (Å²) in [4.78, 5) is 1.30. The summed E-state index contributed by atoms with van der Waals surface area (Å²) in [5.74, 6) is 0.281. The smallest absolute Gasteiger partial charge is 0.0670 e. The minimum Gasteiger partial charge on any atom is -0.377 e. The molecule has 2 atom stereocenters. The molecule has 0 bridgehead atoms. The first kappa shape index (κ1) is 13.1. The van der Waals surface area contributed by atoms with Crippen LogP contribution in [0.2, 0.25) is 0 Å². The van der Waals surface area contributed by atoms with E-state index in [1.54, 1.807) is 11.8 Å². The van der Waals surface area contributed by atoms with Crippen LogP contribution < -0.4 is 0 Å². The molecule has 1 aliphatic heterocycles. The fraction of sp³-hybridized carbons (Fsp3) is 0.500. The van der Waals surface area contributed by atoms with E-state index in [9.17, 15) is 0 Å². The molecule has 1 aromatic rings. The molecule has 1 aromatic carbocycles. The average Bonchev–Trinajstić information content (AvgIpc) is 2.65. The molecule has 0 fully saturated rings. The van der Waals surface area contributed by atoms with Crippen LogP contribution in [-0.2, 0) is 4.74 Å². The fourth-order valence-electron chi connectivity index (χ4n) is 2.08. The van der Waals surface area contributed by atoms with Gasteiger partial charge >= 0.3 is 0 Å². The van der Waals surface area contributed by atoms with Crippen LogP contribution in [0, 0.1) is 0 Å². The third-order valence-electron chi connectivity index (χ3n) is 3.07. The van der Waals surface area contributed by atoms with Gasteiger partial charge in [0, 0.05) is 11.5 Å². The normalized spacial score (nSPS) is 20.4. The van der Waals surface area contributed by atoms with Crippen molar-refractivity contribution in [2.45, 2.75) is 43.6 Å². The zero-order valence-corrected chi connectivity index (χ0v) is 11.9. The molecule has 0 spiro atoms. The Labute approximate surface area is 113 Å². The third kappa shape index (κ3) is 2.90. The second-order valence-electron chi connectivity index (χ2n) is 4.37. The van der Waals surface area contributed by atoms with Gasteiger partial charge in [0.25, 0.3) is 0 Å². The van der Waals surface area contributed by atoms with Gasteiger partial charge in [-0.1, -0.05) is 55.5 Å². The van der Waals surface area contributed by atoms with E-state index >= 15 is 0 Å². The van der Waals surface area contributed by atoms with Gasteiger partial charge in [0.05, 0.1) is 16.2 Å². The molecule has 2 rings (SSSR count). The average molecular weight is 266 g/mol. The summed E-state index contributed by atoms with van der Waals surface area (Å²) in [6.45, 7) is 5.15. The van der Waals surface area contributed by atoms with Crippen LogP contribution in [0.5, 0.6) is 0 Å². The highest BCUT2D eigenvalue weighted by atomic mass is 32.2. The van der Waals surface area contributed by atoms with E-state index in [0.717, 1.165) is 17.2 Å². The summed E-state index contributed by atoms with van der Waals surface area (Å²) >= 11 is 7.20. The van der Waals surface area contributed by atoms with Crippen molar-refractivity contribution in [1.29, 1.82) is 0 Å². The standard InChI is InChI=1S/C14H18OS2/c1-3-4-9-15-10(2)13-11-7-5-6-8-12(11)17-14(13)16/h5-8,10,13H,3-4,9H2,1-2H3/t10-,13+/m0/s1. The van der Waals surface area contributed by atoms with Crippen molar-refractivity contribution in [3.05, 3.63) is 29.8 Å². The highest BCUT2D eigenvalue weighted by Gasteiger charge is 2.32. The SMILES string of the molecule is CCCCO[C@@H](C)[C@H]1C(=S)Sc2ccccc21. The Morgan fingerprint density at radius 3 is 2.94 bits per heavy atom. The van der Waals surface area contributed by atoms with Crippen LogP contribution in [0.15, 0.2) is 29.2 Å². The Bertz CT molecular complexity index is 403. The first-order chi connectivity index (χ1) is 8.24. The highest BCUT2D eigenvalue weighted by Crippen LogP contribution is 2.44. The quantitative estimate of drug-likeness (QED) is 0.577. The Morgan fingerprint density at radius 2 is 2.18 bits per heavy atom. The summed E-state index contributed by atoms with van der Waals surface area (Å²) in [6, 6.07) is 8.47. The van der Waals surface area contributed by atoms with Gasteiger partial charge in [0.1, 0.15) is 0 Å². The molecule has 0 N–H and O–H groups in total. The van der Waals surface area contributed by atoms with Gasteiger partial charge in [-0.05, 0) is 25.0 Å². The van der Waals surface area contributed by atoms with E-state index in [1.807, 2.05) is 0 Å². The molecule has 1 nitrogen and oxygen atoms in total. The van der Waals surface area contributed by atoms with E-state index in [-0.39, 0.29) is 12.0 Å². The number of rotatable bonds is 5. The number of fused-ring (bicyclic) bond motifs is 1. The van der Waals surface area contributed by atoms with Crippen LogP contribution in [0.1, 0.15) is 38.2 Å². The molecule has 0 saturated carbocycles. The second-order valence-corrected chi connectivity index (χ2v) is 6.15. The van der Waals surface area contributed by atoms with Crippen LogP contribution in [-0.4, -0.2) is 16.9 Å². The van der Waals surface area contributed by atoms with Gasteiger partial charge in [-0.3, -0.25) is 0 Å². The molecular formula is C14H18OS2. The second kappa shape index (κ2) is 5.98. The topological polar surface area (TPSA) is 9.23 Å². The molecule has 1 heterocycles. The largest absolute Gasteiger partial charge is 0.377 e. The van der Waals surface area contributed by atoms with E-state index in [4.69, 9.17) is 17.0 Å². The first-order valence-electron chi connectivity index (χ1n) is 6.16. The summed E-state index contributed by atoms with van der Waals surface area (Å²) in [6.07, 6.45) is 2.48. The molecule has 0 radical (unpaired) electrons. The summed E-state index contributed by atoms with van der Waals surface area (Å²) in [5.41, 5.74) is 1.34. The zero-order valence-electron chi connectivity index (χ0n) is 10.3. The minimum atomic E-state index is 0.185. The number of ether oxygens (including phenoxy) is 1. The Morgan fingerprint density at radius 1 is 1.41 bits per heavy atom. The van der Waals surface area contributed by atoms with E-state index in [0.29, 0.717) is 0 Å². The molecule has 0 aromatic heterocycles. The Balaban J connectivity index is 2.07. The Hall–Kier alpha value is -0.380. The van der Waals surface area contributed by atoms with Crippen LogP contribution in [0.4, 0.5) is 0 Å². The molecule has 17 heavy (non-hydrogen) atoms. The highest BCUT2D eigenvalue weighted by molar-refractivity contribution is 8.23. The van der Waals surface area contributed by atoms with Crippen molar-refractivity contribution in [3.8, 4) is 0 Å². The number of thioether (sulfide) groups is 1. The lowest BCUT2D eigenvalue weighted by Gasteiger charge is -2.20. The maximum atomic E-state index is 5.89.